The van der Waals surface area contributed by atoms with E-state index in [-0.39, 0.29) is 12.0 Å². The molecule has 1 fully saturated rings. The van der Waals surface area contributed by atoms with Crippen molar-refractivity contribution in [2.75, 3.05) is 6.61 Å². The van der Waals surface area contributed by atoms with Gasteiger partial charge in [0.2, 0.25) is 5.91 Å². The molecule has 1 N–H and O–H groups in total. The Kier molecular flexibility index (Phi) is 5.41. The largest absolute Gasteiger partial charge is 0.368 e. The van der Waals surface area contributed by atoms with Crippen LogP contribution in [-0.4, -0.2) is 28.2 Å². The summed E-state index contributed by atoms with van der Waals surface area (Å²) in [7, 11) is 0. The fourth-order valence-electron chi connectivity index (χ4n) is 4.20. The lowest BCUT2D eigenvalue weighted by molar-refractivity contribution is -0.130. The number of fused-ring (bicyclic) bond motifs is 1. The monoisotopic (exact) mass is 391 g/mol. The summed E-state index contributed by atoms with van der Waals surface area (Å²) in [6, 6.07) is 10.4. The Morgan fingerprint density at radius 3 is 2.59 bits per heavy atom. The lowest BCUT2D eigenvalue weighted by Crippen LogP contribution is -2.34. The van der Waals surface area contributed by atoms with E-state index in [0.717, 1.165) is 36.2 Å². The van der Waals surface area contributed by atoms with Gasteiger partial charge in [0, 0.05) is 13.2 Å². The Labute approximate surface area is 172 Å². The summed E-state index contributed by atoms with van der Waals surface area (Å²) in [4.78, 5) is 17.2. The number of hydrogen-bond donors (Lipinski definition) is 1. The predicted molar refractivity (Wildman–Crippen MR) is 115 cm³/mol. The number of nitrogens with zero attached hydrogens (tertiary/aromatic N) is 2. The number of para-hydroxylation sites is 2. The molecule has 2 heterocycles. The summed E-state index contributed by atoms with van der Waals surface area (Å²) in [5, 5.41) is 3.03. The highest BCUT2D eigenvalue weighted by atomic mass is 16.5. The molecule has 29 heavy (non-hydrogen) atoms. The van der Waals surface area contributed by atoms with Crippen LogP contribution in [0.4, 0.5) is 0 Å². The number of ether oxygens (including phenoxy) is 1. The minimum atomic E-state index is -0.322. The predicted octanol–water partition coefficient (Wildman–Crippen LogP) is 4.11. The maximum atomic E-state index is 12.4. The summed E-state index contributed by atoms with van der Waals surface area (Å²) in [5.41, 5.74) is 8.62. The van der Waals surface area contributed by atoms with E-state index in [0.29, 0.717) is 13.2 Å². The van der Waals surface area contributed by atoms with Gasteiger partial charge in [-0.15, -0.1) is 0 Å². The number of benzene rings is 2. The third-order valence-electron chi connectivity index (χ3n) is 6.21. The van der Waals surface area contributed by atoms with Gasteiger partial charge in [-0.05, 0) is 80.5 Å². The molecule has 0 radical (unpaired) electrons. The maximum absolute atomic E-state index is 12.4. The smallest absolute Gasteiger partial charge is 0.249 e. The average molecular weight is 392 g/mol. The Bertz CT molecular complexity index is 1040. The van der Waals surface area contributed by atoms with Gasteiger partial charge in [-0.25, -0.2) is 4.98 Å². The van der Waals surface area contributed by atoms with Crippen LogP contribution in [0.25, 0.3) is 11.0 Å². The van der Waals surface area contributed by atoms with Gasteiger partial charge < -0.3 is 14.6 Å². The molecule has 1 aliphatic heterocycles. The van der Waals surface area contributed by atoms with Crippen LogP contribution in [0.15, 0.2) is 30.3 Å². The van der Waals surface area contributed by atoms with E-state index in [9.17, 15) is 4.79 Å². The van der Waals surface area contributed by atoms with Crippen molar-refractivity contribution < 1.29 is 9.53 Å². The van der Waals surface area contributed by atoms with Crippen molar-refractivity contribution in [3.8, 4) is 0 Å². The fourth-order valence-corrected chi connectivity index (χ4v) is 4.20. The van der Waals surface area contributed by atoms with Crippen molar-refractivity contribution in [1.82, 2.24) is 14.9 Å². The van der Waals surface area contributed by atoms with Crippen LogP contribution in [0.1, 0.15) is 46.5 Å². The summed E-state index contributed by atoms with van der Waals surface area (Å²) in [6.45, 7) is 10.5. The number of aryl methyl sites for hydroxylation is 2. The summed E-state index contributed by atoms with van der Waals surface area (Å²) >= 11 is 0. The SMILES string of the molecule is Cc1cc(C)c(C)c(Cn2c(CNC(=O)C3CCCO3)nc3ccccc32)c1C. The van der Waals surface area contributed by atoms with E-state index in [1.54, 1.807) is 0 Å². The zero-order valence-corrected chi connectivity index (χ0v) is 17.7. The van der Waals surface area contributed by atoms with Gasteiger partial charge in [0.25, 0.3) is 0 Å². The molecular formula is C24H29N3O2. The minimum Gasteiger partial charge on any atom is -0.368 e. The van der Waals surface area contributed by atoms with Crippen LogP contribution in [0.2, 0.25) is 0 Å². The van der Waals surface area contributed by atoms with E-state index in [1.165, 1.54) is 27.8 Å². The first kappa shape index (κ1) is 19.6. The Balaban J connectivity index is 1.68. The normalized spacial score (nSPS) is 16.5. The molecule has 5 nitrogen and oxygen atoms in total. The van der Waals surface area contributed by atoms with E-state index >= 15 is 0 Å². The molecule has 0 aliphatic carbocycles. The minimum absolute atomic E-state index is 0.0418. The van der Waals surface area contributed by atoms with Crippen molar-refractivity contribution in [2.45, 2.75) is 59.7 Å². The zero-order chi connectivity index (χ0) is 20.5. The number of nitrogens with one attached hydrogen (secondary N) is 1. The zero-order valence-electron chi connectivity index (χ0n) is 17.7. The van der Waals surface area contributed by atoms with Gasteiger partial charge in [0.1, 0.15) is 11.9 Å². The van der Waals surface area contributed by atoms with E-state index < -0.39 is 0 Å². The molecular weight excluding hydrogens is 362 g/mol. The quantitative estimate of drug-likeness (QED) is 0.712. The van der Waals surface area contributed by atoms with E-state index in [1.807, 2.05) is 18.2 Å². The van der Waals surface area contributed by atoms with Gasteiger partial charge in [0.05, 0.1) is 17.6 Å². The first-order valence-corrected chi connectivity index (χ1v) is 10.4. The molecule has 1 saturated heterocycles. The van der Waals surface area contributed by atoms with Gasteiger partial charge in [-0.1, -0.05) is 18.2 Å². The van der Waals surface area contributed by atoms with Crippen molar-refractivity contribution >= 4 is 16.9 Å². The van der Waals surface area contributed by atoms with Crippen molar-refractivity contribution in [3.05, 3.63) is 64.0 Å². The molecule has 0 spiro atoms. The molecule has 1 aliphatic rings. The van der Waals surface area contributed by atoms with Gasteiger partial charge in [-0.2, -0.15) is 0 Å². The lowest BCUT2D eigenvalue weighted by atomic mass is 9.94. The number of carbonyl (C=O) groups is 1. The Morgan fingerprint density at radius 2 is 1.90 bits per heavy atom. The van der Waals surface area contributed by atoms with Crippen LogP contribution in [0.3, 0.4) is 0 Å². The number of rotatable bonds is 5. The number of imidazole rings is 1. The molecule has 1 unspecified atom stereocenters. The highest BCUT2D eigenvalue weighted by Crippen LogP contribution is 2.25. The summed E-state index contributed by atoms with van der Waals surface area (Å²) in [5.74, 6) is 0.829. The number of aromatic nitrogens is 2. The second-order valence-corrected chi connectivity index (χ2v) is 8.06. The Hall–Kier alpha value is -2.66. The highest BCUT2D eigenvalue weighted by Gasteiger charge is 2.24. The number of carbonyl (C=O) groups excluding carboxylic acids is 1. The van der Waals surface area contributed by atoms with E-state index in [4.69, 9.17) is 9.72 Å². The Morgan fingerprint density at radius 1 is 1.17 bits per heavy atom. The second kappa shape index (κ2) is 7.99. The molecule has 4 rings (SSSR count). The van der Waals surface area contributed by atoms with Crippen molar-refractivity contribution in [2.24, 2.45) is 0 Å². The molecule has 5 heteroatoms. The second-order valence-electron chi connectivity index (χ2n) is 8.06. The molecule has 152 valence electrons. The molecule has 3 aromatic rings. The first-order chi connectivity index (χ1) is 14.0. The molecule has 0 bridgehead atoms. The molecule has 1 atom stereocenters. The lowest BCUT2D eigenvalue weighted by Gasteiger charge is -2.18. The van der Waals surface area contributed by atoms with Crippen LogP contribution in [0, 0.1) is 27.7 Å². The maximum Gasteiger partial charge on any atom is 0.249 e. The third kappa shape index (κ3) is 3.79. The van der Waals surface area contributed by atoms with Crippen LogP contribution in [0.5, 0.6) is 0 Å². The first-order valence-electron chi connectivity index (χ1n) is 10.4. The molecule has 1 aromatic heterocycles. The molecule has 0 saturated carbocycles. The van der Waals surface area contributed by atoms with Gasteiger partial charge in [-0.3, -0.25) is 4.79 Å². The molecule has 2 aromatic carbocycles. The standard InChI is InChI=1S/C24H29N3O2/c1-15-12-16(2)18(4)19(17(15)3)14-27-21-9-6-5-8-20(21)26-23(27)13-25-24(28)22-10-7-11-29-22/h5-6,8-9,12,22H,7,10-11,13-14H2,1-4H3,(H,25,28). The summed E-state index contributed by atoms with van der Waals surface area (Å²) < 4.78 is 7.74. The topological polar surface area (TPSA) is 56.2 Å². The fraction of sp³-hybridized carbons (Fsp3) is 0.417. The van der Waals surface area contributed by atoms with Gasteiger partial charge >= 0.3 is 0 Å². The number of hydrogen-bond acceptors (Lipinski definition) is 3. The van der Waals surface area contributed by atoms with Crippen molar-refractivity contribution in [3.63, 3.8) is 0 Å². The van der Waals surface area contributed by atoms with Crippen LogP contribution >= 0.6 is 0 Å². The average Bonchev–Trinajstić information content (AvgIpc) is 3.36. The van der Waals surface area contributed by atoms with Gasteiger partial charge in [0.15, 0.2) is 0 Å². The van der Waals surface area contributed by atoms with Crippen LogP contribution < -0.4 is 5.32 Å². The molecule has 1 amide bonds. The third-order valence-corrected chi connectivity index (χ3v) is 6.21. The van der Waals surface area contributed by atoms with E-state index in [2.05, 4.69) is 49.7 Å². The van der Waals surface area contributed by atoms with Crippen LogP contribution in [-0.2, 0) is 22.6 Å². The highest BCUT2D eigenvalue weighted by molar-refractivity contribution is 5.81. The number of amides is 1. The van der Waals surface area contributed by atoms with Crippen molar-refractivity contribution in [1.29, 1.82) is 0 Å². The summed E-state index contributed by atoms with van der Waals surface area (Å²) in [6.07, 6.45) is 1.42.